The molecule has 2 atom stereocenters. The number of nitrogens with zero attached hydrogens (tertiary/aromatic N) is 2. The molecule has 2 heterocycles. The minimum Gasteiger partial charge on any atom is -0.323 e. The van der Waals surface area contributed by atoms with Gasteiger partial charge in [0.1, 0.15) is 0 Å². The summed E-state index contributed by atoms with van der Waals surface area (Å²) < 4.78 is 0. The van der Waals surface area contributed by atoms with Crippen molar-refractivity contribution in [3.63, 3.8) is 0 Å². The number of hydrogen-bond acceptors (Lipinski definition) is 2. The zero-order valence-corrected chi connectivity index (χ0v) is 13.3. The van der Waals surface area contributed by atoms with Crippen LogP contribution < -0.4 is 5.32 Å². The molecule has 4 rings (SSSR count). The lowest BCUT2D eigenvalue weighted by atomic mass is 10.1. The maximum Gasteiger partial charge on any atom is 0.321 e. The average Bonchev–Trinajstić information content (AvgIpc) is 3.03. The van der Waals surface area contributed by atoms with E-state index in [0.29, 0.717) is 12.1 Å². The molecule has 2 saturated heterocycles. The fraction of sp³-hybridized carbons (Fsp3) is 0.611. The van der Waals surface area contributed by atoms with Crippen molar-refractivity contribution in [1.82, 2.24) is 9.80 Å². The highest BCUT2D eigenvalue weighted by Gasteiger charge is 2.35. The van der Waals surface area contributed by atoms with E-state index in [2.05, 4.69) is 35.5 Å². The zero-order chi connectivity index (χ0) is 15.1. The molecule has 1 aromatic rings. The van der Waals surface area contributed by atoms with Crippen LogP contribution in [0.5, 0.6) is 0 Å². The van der Waals surface area contributed by atoms with Gasteiger partial charge in [0.2, 0.25) is 0 Å². The van der Waals surface area contributed by atoms with Gasteiger partial charge < -0.3 is 10.2 Å². The van der Waals surface area contributed by atoms with Crippen LogP contribution in [-0.2, 0) is 12.8 Å². The molecule has 1 aromatic carbocycles. The van der Waals surface area contributed by atoms with Crippen LogP contribution in [0.25, 0.3) is 0 Å². The normalized spacial score (nSPS) is 27.6. The molecule has 4 heteroatoms. The van der Waals surface area contributed by atoms with Gasteiger partial charge >= 0.3 is 6.03 Å². The number of likely N-dealkylation sites (tertiary alicyclic amines) is 1. The maximum atomic E-state index is 12.6. The molecular formula is C18H25N3O. The van der Waals surface area contributed by atoms with Crippen molar-refractivity contribution >= 4 is 11.7 Å². The Morgan fingerprint density at radius 1 is 1.14 bits per heavy atom. The van der Waals surface area contributed by atoms with Gasteiger partial charge in [0, 0.05) is 30.9 Å². The third kappa shape index (κ3) is 2.50. The predicted molar refractivity (Wildman–Crippen MR) is 88.2 cm³/mol. The standard InChI is InChI=1S/C18H25N3O/c1-20-16-7-8-17(20)12-21(10-9-16)18(22)19-15-6-5-13-3-2-4-14(13)11-15/h5-6,11,16-17H,2-4,7-10,12H2,1H3,(H,19,22)/t16-,17+/m1/s1. The van der Waals surface area contributed by atoms with Gasteiger partial charge in [-0.3, -0.25) is 4.90 Å². The highest BCUT2D eigenvalue weighted by Crippen LogP contribution is 2.29. The third-order valence-electron chi connectivity index (χ3n) is 5.79. The van der Waals surface area contributed by atoms with E-state index in [1.54, 1.807) is 0 Å². The quantitative estimate of drug-likeness (QED) is 0.865. The Kier molecular flexibility index (Phi) is 3.57. The maximum absolute atomic E-state index is 12.6. The molecule has 2 amide bonds. The molecule has 4 nitrogen and oxygen atoms in total. The molecule has 0 spiro atoms. The number of hydrogen-bond donors (Lipinski definition) is 1. The highest BCUT2D eigenvalue weighted by atomic mass is 16.2. The summed E-state index contributed by atoms with van der Waals surface area (Å²) in [5.74, 6) is 0. The second-order valence-corrected chi connectivity index (χ2v) is 7.05. The number of urea groups is 1. The topological polar surface area (TPSA) is 35.6 Å². The number of anilines is 1. The minimum atomic E-state index is 0.0684. The summed E-state index contributed by atoms with van der Waals surface area (Å²) in [5.41, 5.74) is 3.81. The SMILES string of the molecule is CN1[C@@H]2CC[C@H]1CN(C(=O)Nc1ccc3c(c1)CCC3)CC2. The molecule has 0 aromatic heterocycles. The van der Waals surface area contributed by atoms with E-state index in [0.717, 1.165) is 31.6 Å². The number of rotatable bonds is 1. The average molecular weight is 299 g/mol. The van der Waals surface area contributed by atoms with Crippen molar-refractivity contribution < 1.29 is 4.79 Å². The van der Waals surface area contributed by atoms with Crippen molar-refractivity contribution in [3.8, 4) is 0 Å². The Bertz CT molecular complexity index is 586. The number of nitrogens with one attached hydrogen (secondary N) is 1. The number of likely N-dealkylation sites (N-methyl/N-ethyl adjacent to an activating group) is 1. The smallest absolute Gasteiger partial charge is 0.321 e. The van der Waals surface area contributed by atoms with Crippen LogP contribution in [0.1, 0.15) is 36.8 Å². The first-order chi connectivity index (χ1) is 10.7. The fourth-order valence-electron chi connectivity index (χ4n) is 4.35. The van der Waals surface area contributed by atoms with Gasteiger partial charge in [-0.2, -0.15) is 0 Å². The van der Waals surface area contributed by atoms with Crippen LogP contribution in [-0.4, -0.2) is 48.1 Å². The largest absolute Gasteiger partial charge is 0.323 e. The van der Waals surface area contributed by atoms with Crippen molar-refractivity contribution in [2.75, 3.05) is 25.5 Å². The molecule has 2 fully saturated rings. The Hall–Kier alpha value is -1.55. The molecule has 0 unspecified atom stereocenters. The molecule has 2 aliphatic heterocycles. The number of fused-ring (bicyclic) bond motifs is 3. The van der Waals surface area contributed by atoms with E-state index in [9.17, 15) is 4.79 Å². The van der Waals surface area contributed by atoms with Crippen molar-refractivity contribution in [1.29, 1.82) is 0 Å². The molecular weight excluding hydrogens is 274 g/mol. The van der Waals surface area contributed by atoms with E-state index < -0.39 is 0 Å². The van der Waals surface area contributed by atoms with Crippen LogP contribution in [0, 0.1) is 0 Å². The van der Waals surface area contributed by atoms with E-state index in [-0.39, 0.29) is 6.03 Å². The Morgan fingerprint density at radius 3 is 2.86 bits per heavy atom. The lowest BCUT2D eigenvalue weighted by Gasteiger charge is -2.26. The van der Waals surface area contributed by atoms with E-state index in [1.165, 1.54) is 36.8 Å². The van der Waals surface area contributed by atoms with Crippen LogP contribution in [0.3, 0.4) is 0 Å². The first-order valence-electron chi connectivity index (χ1n) is 8.60. The molecule has 118 valence electrons. The van der Waals surface area contributed by atoms with Gasteiger partial charge in [0.25, 0.3) is 0 Å². The first kappa shape index (κ1) is 14.1. The molecule has 0 radical (unpaired) electrons. The summed E-state index contributed by atoms with van der Waals surface area (Å²) in [6.07, 6.45) is 7.20. The van der Waals surface area contributed by atoms with Crippen molar-refractivity contribution in [3.05, 3.63) is 29.3 Å². The molecule has 3 aliphatic rings. The number of amides is 2. The van der Waals surface area contributed by atoms with E-state index >= 15 is 0 Å². The Balaban J connectivity index is 1.44. The highest BCUT2D eigenvalue weighted by molar-refractivity contribution is 5.89. The molecule has 1 aliphatic carbocycles. The van der Waals surface area contributed by atoms with Gasteiger partial charge in [-0.15, -0.1) is 0 Å². The second kappa shape index (κ2) is 5.58. The Morgan fingerprint density at radius 2 is 1.95 bits per heavy atom. The lowest BCUT2D eigenvalue weighted by Crippen LogP contribution is -2.41. The summed E-state index contributed by atoms with van der Waals surface area (Å²) >= 11 is 0. The summed E-state index contributed by atoms with van der Waals surface area (Å²) in [4.78, 5) is 17.1. The predicted octanol–water partition coefficient (Wildman–Crippen LogP) is 2.88. The van der Waals surface area contributed by atoms with Gasteiger partial charge in [-0.25, -0.2) is 4.79 Å². The van der Waals surface area contributed by atoms with Crippen LogP contribution in [0.4, 0.5) is 10.5 Å². The molecule has 0 saturated carbocycles. The van der Waals surface area contributed by atoms with Gasteiger partial charge in [-0.1, -0.05) is 6.07 Å². The van der Waals surface area contributed by atoms with Crippen LogP contribution in [0.15, 0.2) is 18.2 Å². The Labute approximate surface area is 132 Å². The lowest BCUT2D eigenvalue weighted by molar-refractivity contribution is 0.200. The van der Waals surface area contributed by atoms with Gasteiger partial charge in [-0.05, 0) is 68.8 Å². The first-order valence-corrected chi connectivity index (χ1v) is 8.60. The van der Waals surface area contributed by atoms with Gasteiger partial charge in [0.05, 0.1) is 0 Å². The van der Waals surface area contributed by atoms with Crippen LogP contribution in [0.2, 0.25) is 0 Å². The summed E-state index contributed by atoms with van der Waals surface area (Å²) in [6.45, 7) is 1.74. The van der Waals surface area contributed by atoms with Crippen LogP contribution >= 0.6 is 0 Å². The summed E-state index contributed by atoms with van der Waals surface area (Å²) in [5, 5.41) is 3.11. The minimum absolute atomic E-state index is 0.0684. The van der Waals surface area contributed by atoms with Crippen molar-refractivity contribution in [2.24, 2.45) is 0 Å². The molecule has 2 bridgehead atoms. The number of aryl methyl sites for hydroxylation is 2. The van der Waals surface area contributed by atoms with Gasteiger partial charge in [0.15, 0.2) is 0 Å². The number of benzene rings is 1. The fourth-order valence-corrected chi connectivity index (χ4v) is 4.35. The van der Waals surface area contributed by atoms with E-state index in [1.807, 2.05) is 4.90 Å². The summed E-state index contributed by atoms with van der Waals surface area (Å²) in [6, 6.07) is 7.67. The third-order valence-corrected chi connectivity index (χ3v) is 5.79. The second-order valence-electron chi connectivity index (χ2n) is 7.05. The summed E-state index contributed by atoms with van der Waals surface area (Å²) in [7, 11) is 2.21. The molecule has 1 N–H and O–H groups in total. The zero-order valence-electron chi connectivity index (χ0n) is 13.3. The molecule has 22 heavy (non-hydrogen) atoms. The van der Waals surface area contributed by atoms with E-state index in [4.69, 9.17) is 0 Å². The monoisotopic (exact) mass is 299 g/mol. The van der Waals surface area contributed by atoms with Crippen molar-refractivity contribution in [2.45, 2.75) is 50.6 Å². The number of carbonyl (C=O) groups excluding carboxylic acids is 1. The number of carbonyl (C=O) groups is 1.